The van der Waals surface area contributed by atoms with Crippen LogP contribution >= 0.6 is 0 Å². The lowest BCUT2D eigenvalue weighted by atomic mass is 9.97. The molecular weight excluding hydrogens is 370 g/mol. The van der Waals surface area contributed by atoms with Crippen LogP contribution in [0.2, 0.25) is 0 Å². The maximum absolute atomic E-state index is 13.0. The Morgan fingerprint density at radius 2 is 2.04 bits per heavy atom. The van der Waals surface area contributed by atoms with E-state index in [1.54, 1.807) is 37.3 Å². The zero-order valence-corrected chi connectivity index (χ0v) is 16.2. The molecule has 2 aromatic rings. The topological polar surface area (TPSA) is 102 Å². The van der Waals surface area contributed by atoms with Crippen molar-refractivity contribution in [3.63, 3.8) is 0 Å². The number of carbonyl (C=O) groups is 1. The van der Waals surface area contributed by atoms with Crippen molar-refractivity contribution >= 4 is 21.7 Å². The lowest BCUT2D eigenvalue weighted by Crippen LogP contribution is -2.41. The van der Waals surface area contributed by atoms with Crippen LogP contribution in [0.25, 0.3) is 0 Å². The minimum Gasteiger partial charge on any atom is -0.492 e. The van der Waals surface area contributed by atoms with E-state index in [-0.39, 0.29) is 29.8 Å². The number of benzene rings is 1. The van der Waals surface area contributed by atoms with Gasteiger partial charge < -0.3 is 14.6 Å². The minimum atomic E-state index is -3.67. The van der Waals surface area contributed by atoms with Gasteiger partial charge in [0.15, 0.2) is 5.82 Å². The molecule has 0 atom stereocenters. The van der Waals surface area contributed by atoms with Crippen LogP contribution in [0.3, 0.4) is 0 Å². The molecule has 2 heterocycles. The first-order chi connectivity index (χ1) is 12.9. The van der Waals surface area contributed by atoms with Crippen LogP contribution in [0.1, 0.15) is 25.5 Å². The van der Waals surface area contributed by atoms with Crippen molar-refractivity contribution in [2.45, 2.75) is 31.6 Å². The Balaban J connectivity index is 1.65. The highest BCUT2D eigenvalue weighted by Gasteiger charge is 2.33. The Bertz CT molecular complexity index is 901. The number of rotatable bonds is 6. The van der Waals surface area contributed by atoms with Crippen molar-refractivity contribution in [2.24, 2.45) is 5.92 Å². The van der Waals surface area contributed by atoms with Crippen LogP contribution < -0.4 is 10.1 Å². The first-order valence-electron chi connectivity index (χ1n) is 8.88. The quantitative estimate of drug-likeness (QED) is 0.809. The summed E-state index contributed by atoms with van der Waals surface area (Å²) < 4.78 is 37.8. The number of aromatic nitrogens is 1. The molecule has 1 N–H and O–H groups in total. The standard InChI is InChI=1S/C18H23N3O5S/c1-3-25-15-6-4-5-7-16(15)27(23,24)21-10-8-14(9-11-21)18(22)19-17-12-13(2)26-20-17/h4-7,12,14H,3,8-11H2,1-2H3,(H,19,20,22). The predicted octanol–water partition coefficient (Wildman–Crippen LogP) is 2.42. The van der Waals surface area contributed by atoms with Crippen LogP contribution in [0, 0.1) is 12.8 Å². The zero-order chi connectivity index (χ0) is 19.4. The van der Waals surface area contributed by atoms with E-state index in [1.165, 1.54) is 4.31 Å². The number of ether oxygens (including phenoxy) is 1. The molecule has 1 aliphatic heterocycles. The van der Waals surface area contributed by atoms with Gasteiger partial charge in [-0.05, 0) is 38.8 Å². The van der Waals surface area contributed by atoms with Gasteiger partial charge in [-0.2, -0.15) is 4.31 Å². The molecule has 1 aromatic heterocycles. The van der Waals surface area contributed by atoms with Gasteiger partial charge in [0.25, 0.3) is 0 Å². The molecule has 9 heteroatoms. The fourth-order valence-electron chi connectivity index (χ4n) is 3.09. The third-order valence-corrected chi connectivity index (χ3v) is 6.41. The van der Waals surface area contributed by atoms with Crippen molar-refractivity contribution in [1.29, 1.82) is 0 Å². The summed E-state index contributed by atoms with van der Waals surface area (Å²) in [5.74, 6) is 0.893. The summed E-state index contributed by atoms with van der Waals surface area (Å²) in [6, 6.07) is 8.26. The fourth-order valence-corrected chi connectivity index (χ4v) is 4.69. The molecule has 1 aliphatic rings. The molecule has 3 rings (SSSR count). The highest BCUT2D eigenvalue weighted by atomic mass is 32.2. The van der Waals surface area contributed by atoms with Gasteiger partial charge in [0.1, 0.15) is 16.4 Å². The first-order valence-corrected chi connectivity index (χ1v) is 10.3. The lowest BCUT2D eigenvalue weighted by Gasteiger charge is -2.30. The monoisotopic (exact) mass is 393 g/mol. The molecule has 8 nitrogen and oxygen atoms in total. The SMILES string of the molecule is CCOc1ccccc1S(=O)(=O)N1CCC(C(=O)Nc2cc(C)on2)CC1. The normalized spacial score (nSPS) is 16.2. The second-order valence-electron chi connectivity index (χ2n) is 6.37. The van der Waals surface area contributed by atoms with Crippen LogP contribution in [0.4, 0.5) is 5.82 Å². The molecule has 146 valence electrons. The molecule has 1 saturated heterocycles. The van der Waals surface area contributed by atoms with Gasteiger partial charge >= 0.3 is 0 Å². The second kappa shape index (κ2) is 8.10. The Labute approximate surface area is 158 Å². The number of hydrogen-bond acceptors (Lipinski definition) is 6. The van der Waals surface area contributed by atoms with Crippen LogP contribution in [-0.2, 0) is 14.8 Å². The van der Waals surface area contributed by atoms with Crippen molar-refractivity contribution in [1.82, 2.24) is 9.46 Å². The van der Waals surface area contributed by atoms with Crippen LogP contribution in [-0.4, -0.2) is 43.5 Å². The number of nitrogens with one attached hydrogen (secondary N) is 1. The Morgan fingerprint density at radius 1 is 1.33 bits per heavy atom. The van der Waals surface area contributed by atoms with E-state index in [9.17, 15) is 13.2 Å². The van der Waals surface area contributed by atoms with E-state index in [2.05, 4.69) is 10.5 Å². The summed E-state index contributed by atoms with van der Waals surface area (Å²) in [6.45, 7) is 4.49. The van der Waals surface area contributed by atoms with Crippen LogP contribution in [0.15, 0.2) is 39.8 Å². The second-order valence-corrected chi connectivity index (χ2v) is 8.28. The summed E-state index contributed by atoms with van der Waals surface area (Å²) in [5.41, 5.74) is 0. The Hall–Kier alpha value is -2.39. The zero-order valence-electron chi connectivity index (χ0n) is 15.3. The highest BCUT2D eigenvalue weighted by molar-refractivity contribution is 7.89. The third-order valence-electron chi connectivity index (χ3n) is 4.47. The predicted molar refractivity (Wildman–Crippen MR) is 99.0 cm³/mol. The number of piperidine rings is 1. The van der Waals surface area contributed by atoms with E-state index in [4.69, 9.17) is 9.26 Å². The number of anilines is 1. The van der Waals surface area contributed by atoms with E-state index in [0.29, 0.717) is 36.8 Å². The van der Waals surface area contributed by atoms with E-state index >= 15 is 0 Å². The minimum absolute atomic E-state index is 0.160. The average Bonchev–Trinajstić information content (AvgIpc) is 3.07. The molecule has 0 radical (unpaired) electrons. The summed E-state index contributed by atoms with van der Waals surface area (Å²) in [7, 11) is -3.67. The van der Waals surface area contributed by atoms with Gasteiger partial charge in [-0.15, -0.1) is 0 Å². The molecule has 1 amide bonds. The molecule has 0 aliphatic carbocycles. The van der Waals surface area contributed by atoms with Gasteiger partial charge in [0.05, 0.1) is 6.61 Å². The van der Waals surface area contributed by atoms with Gasteiger partial charge in [-0.3, -0.25) is 4.79 Å². The molecule has 0 spiro atoms. The summed E-state index contributed by atoms with van der Waals surface area (Å²) in [6.07, 6.45) is 0.886. The number of carbonyl (C=O) groups excluding carboxylic acids is 1. The first kappa shape index (κ1) is 19.4. The number of nitrogens with zero attached hydrogens (tertiary/aromatic N) is 2. The summed E-state index contributed by atoms with van der Waals surface area (Å²) >= 11 is 0. The lowest BCUT2D eigenvalue weighted by molar-refractivity contribution is -0.120. The third kappa shape index (κ3) is 4.30. The van der Waals surface area contributed by atoms with Crippen molar-refractivity contribution in [3.8, 4) is 5.75 Å². The molecule has 0 unspecified atom stereocenters. The average molecular weight is 393 g/mol. The molecular formula is C18H23N3O5S. The Morgan fingerprint density at radius 3 is 2.67 bits per heavy atom. The van der Waals surface area contributed by atoms with E-state index < -0.39 is 10.0 Å². The molecule has 0 bridgehead atoms. The van der Waals surface area contributed by atoms with Gasteiger partial charge in [0, 0.05) is 25.1 Å². The highest BCUT2D eigenvalue weighted by Crippen LogP contribution is 2.30. The number of hydrogen-bond donors (Lipinski definition) is 1. The Kier molecular flexibility index (Phi) is 5.81. The molecule has 27 heavy (non-hydrogen) atoms. The van der Waals surface area contributed by atoms with Gasteiger partial charge in [-0.25, -0.2) is 8.42 Å². The maximum atomic E-state index is 13.0. The maximum Gasteiger partial charge on any atom is 0.246 e. The van der Waals surface area contributed by atoms with E-state index in [1.807, 2.05) is 6.92 Å². The molecule has 1 aromatic carbocycles. The van der Waals surface area contributed by atoms with Gasteiger partial charge in [0.2, 0.25) is 15.9 Å². The van der Waals surface area contributed by atoms with Crippen molar-refractivity contribution in [2.75, 3.05) is 25.0 Å². The van der Waals surface area contributed by atoms with Gasteiger partial charge in [-0.1, -0.05) is 17.3 Å². The fraction of sp³-hybridized carbons (Fsp3) is 0.444. The largest absolute Gasteiger partial charge is 0.492 e. The van der Waals surface area contributed by atoms with Crippen LogP contribution in [0.5, 0.6) is 5.75 Å². The molecule has 1 fully saturated rings. The van der Waals surface area contributed by atoms with Crippen molar-refractivity contribution < 1.29 is 22.5 Å². The smallest absolute Gasteiger partial charge is 0.246 e. The van der Waals surface area contributed by atoms with Crippen molar-refractivity contribution in [3.05, 3.63) is 36.1 Å². The van der Waals surface area contributed by atoms with E-state index in [0.717, 1.165) is 0 Å². The summed E-state index contributed by atoms with van der Waals surface area (Å²) in [5, 5.41) is 6.46. The molecule has 0 saturated carbocycles. The summed E-state index contributed by atoms with van der Waals surface area (Å²) in [4.78, 5) is 12.5. The number of amides is 1. The number of para-hydroxylation sites is 1. The number of sulfonamides is 1. The number of aryl methyl sites for hydroxylation is 1.